The van der Waals surface area contributed by atoms with Crippen molar-refractivity contribution in [2.45, 2.75) is 39.0 Å². The van der Waals surface area contributed by atoms with Gasteiger partial charge in [0, 0.05) is 6.54 Å². The Kier molecular flexibility index (Phi) is 5.60. The number of phenolic OH excluding ortho intramolecular Hbond substituents is 1. The standard InChI is InChI=1S/C14H18F3NO3/c1-8(2)3-12(13(20)21)18-7-9-4-10(14(15,16)17)6-11(19)5-9/h4-6,8,12,18-19H,3,7H2,1-2H3,(H,20,21)/t12-/m1/s1. The maximum atomic E-state index is 12.6. The second-order valence-corrected chi connectivity index (χ2v) is 5.29. The van der Waals surface area contributed by atoms with Gasteiger partial charge in [-0.05, 0) is 36.1 Å². The first-order valence-corrected chi connectivity index (χ1v) is 6.46. The third-order valence-corrected chi connectivity index (χ3v) is 2.86. The van der Waals surface area contributed by atoms with Crippen molar-refractivity contribution in [3.8, 4) is 5.75 Å². The Bertz CT molecular complexity index is 501. The summed E-state index contributed by atoms with van der Waals surface area (Å²) in [6.45, 7) is 3.64. The van der Waals surface area contributed by atoms with E-state index in [1.54, 1.807) is 0 Å². The zero-order valence-electron chi connectivity index (χ0n) is 11.7. The number of benzene rings is 1. The van der Waals surface area contributed by atoms with Crippen LogP contribution in [0, 0.1) is 5.92 Å². The van der Waals surface area contributed by atoms with Gasteiger partial charge in [-0.25, -0.2) is 0 Å². The Morgan fingerprint density at radius 2 is 1.90 bits per heavy atom. The van der Waals surface area contributed by atoms with Crippen LogP contribution in [0.5, 0.6) is 5.75 Å². The Morgan fingerprint density at radius 3 is 2.38 bits per heavy atom. The average Bonchev–Trinajstić information content (AvgIpc) is 2.32. The number of carbonyl (C=O) groups is 1. The van der Waals surface area contributed by atoms with Crippen LogP contribution < -0.4 is 5.32 Å². The molecule has 118 valence electrons. The van der Waals surface area contributed by atoms with Crippen molar-refractivity contribution in [1.29, 1.82) is 0 Å². The van der Waals surface area contributed by atoms with E-state index < -0.39 is 29.5 Å². The Morgan fingerprint density at radius 1 is 1.29 bits per heavy atom. The molecule has 1 atom stereocenters. The quantitative estimate of drug-likeness (QED) is 0.755. The zero-order chi connectivity index (χ0) is 16.2. The number of hydrogen-bond donors (Lipinski definition) is 3. The highest BCUT2D eigenvalue weighted by atomic mass is 19.4. The third-order valence-electron chi connectivity index (χ3n) is 2.86. The normalized spacial score (nSPS) is 13.4. The van der Waals surface area contributed by atoms with E-state index in [4.69, 9.17) is 5.11 Å². The molecule has 0 radical (unpaired) electrons. The van der Waals surface area contributed by atoms with Crippen LogP contribution in [0.15, 0.2) is 18.2 Å². The molecule has 1 rings (SSSR count). The van der Waals surface area contributed by atoms with Crippen molar-refractivity contribution >= 4 is 5.97 Å². The maximum absolute atomic E-state index is 12.6. The molecule has 0 fully saturated rings. The Hall–Kier alpha value is -1.76. The van der Waals surface area contributed by atoms with Gasteiger partial charge in [-0.15, -0.1) is 0 Å². The largest absolute Gasteiger partial charge is 0.508 e. The lowest BCUT2D eigenvalue weighted by Gasteiger charge is -2.17. The molecule has 4 nitrogen and oxygen atoms in total. The topological polar surface area (TPSA) is 69.6 Å². The smallest absolute Gasteiger partial charge is 0.416 e. The molecule has 0 amide bonds. The Balaban J connectivity index is 2.83. The van der Waals surface area contributed by atoms with Crippen LogP contribution in [-0.2, 0) is 17.5 Å². The fourth-order valence-corrected chi connectivity index (χ4v) is 1.92. The van der Waals surface area contributed by atoms with Crippen molar-refractivity contribution in [1.82, 2.24) is 5.32 Å². The van der Waals surface area contributed by atoms with Gasteiger partial charge in [0.15, 0.2) is 0 Å². The van der Waals surface area contributed by atoms with E-state index in [2.05, 4.69) is 5.32 Å². The monoisotopic (exact) mass is 305 g/mol. The summed E-state index contributed by atoms with van der Waals surface area (Å²) in [6.07, 6.45) is -4.20. The zero-order valence-corrected chi connectivity index (χ0v) is 11.7. The summed E-state index contributed by atoms with van der Waals surface area (Å²) in [7, 11) is 0. The first-order chi connectivity index (χ1) is 9.59. The summed E-state index contributed by atoms with van der Waals surface area (Å²) in [5, 5.41) is 21.1. The third kappa shape index (κ3) is 5.63. The molecule has 0 spiro atoms. The molecule has 1 aromatic rings. The summed E-state index contributed by atoms with van der Waals surface area (Å²) in [5.74, 6) is -1.43. The van der Waals surface area contributed by atoms with Gasteiger partial charge in [-0.1, -0.05) is 13.8 Å². The summed E-state index contributed by atoms with van der Waals surface area (Å²) in [5.41, 5.74) is -0.785. The number of phenols is 1. The van der Waals surface area contributed by atoms with E-state index in [0.717, 1.165) is 6.07 Å². The molecule has 0 saturated carbocycles. The van der Waals surface area contributed by atoms with E-state index in [-0.39, 0.29) is 18.0 Å². The minimum Gasteiger partial charge on any atom is -0.508 e. The van der Waals surface area contributed by atoms with Gasteiger partial charge in [-0.3, -0.25) is 4.79 Å². The number of rotatable bonds is 6. The fourth-order valence-electron chi connectivity index (χ4n) is 1.92. The predicted octanol–water partition coefficient (Wildman–Crippen LogP) is 3.00. The van der Waals surface area contributed by atoms with Crippen molar-refractivity contribution in [3.05, 3.63) is 29.3 Å². The number of alkyl halides is 3. The molecule has 3 N–H and O–H groups in total. The number of hydrogen-bond acceptors (Lipinski definition) is 3. The first-order valence-electron chi connectivity index (χ1n) is 6.46. The van der Waals surface area contributed by atoms with Gasteiger partial charge in [-0.2, -0.15) is 13.2 Å². The summed E-state index contributed by atoms with van der Waals surface area (Å²) < 4.78 is 37.9. The van der Waals surface area contributed by atoms with Gasteiger partial charge in [0.05, 0.1) is 5.56 Å². The molecule has 1 aromatic carbocycles. The Labute approximate surface area is 120 Å². The lowest BCUT2D eigenvalue weighted by Crippen LogP contribution is -2.37. The van der Waals surface area contributed by atoms with Crippen LogP contribution in [-0.4, -0.2) is 22.2 Å². The van der Waals surface area contributed by atoms with E-state index in [9.17, 15) is 23.1 Å². The van der Waals surface area contributed by atoms with E-state index >= 15 is 0 Å². The van der Waals surface area contributed by atoms with Crippen LogP contribution in [0.2, 0.25) is 0 Å². The number of nitrogens with one attached hydrogen (secondary N) is 1. The van der Waals surface area contributed by atoms with Gasteiger partial charge in [0.25, 0.3) is 0 Å². The number of carboxylic acids is 1. The molecule has 0 bridgehead atoms. The van der Waals surface area contributed by atoms with Gasteiger partial charge >= 0.3 is 12.1 Å². The molecule has 0 heterocycles. The molecule has 0 unspecified atom stereocenters. The van der Waals surface area contributed by atoms with Gasteiger partial charge < -0.3 is 15.5 Å². The molecule has 7 heteroatoms. The number of aromatic hydroxyl groups is 1. The van der Waals surface area contributed by atoms with E-state index in [0.29, 0.717) is 12.5 Å². The van der Waals surface area contributed by atoms with Gasteiger partial charge in [0.1, 0.15) is 11.8 Å². The maximum Gasteiger partial charge on any atom is 0.416 e. The van der Waals surface area contributed by atoms with E-state index in [1.807, 2.05) is 13.8 Å². The number of aliphatic carboxylic acids is 1. The molecular weight excluding hydrogens is 287 g/mol. The van der Waals surface area contributed by atoms with Crippen molar-refractivity contribution < 1.29 is 28.2 Å². The summed E-state index contributed by atoms with van der Waals surface area (Å²) in [4.78, 5) is 11.1. The highest BCUT2D eigenvalue weighted by Gasteiger charge is 2.31. The van der Waals surface area contributed by atoms with Crippen LogP contribution in [0.1, 0.15) is 31.4 Å². The van der Waals surface area contributed by atoms with Gasteiger partial charge in [0.2, 0.25) is 0 Å². The molecular formula is C14H18F3NO3. The molecule has 0 aliphatic heterocycles. The molecule has 0 aliphatic carbocycles. The summed E-state index contributed by atoms with van der Waals surface area (Å²) in [6, 6.07) is 1.85. The molecule has 0 aromatic heterocycles. The van der Waals surface area contributed by atoms with E-state index in [1.165, 1.54) is 6.07 Å². The molecule has 0 saturated heterocycles. The second-order valence-electron chi connectivity index (χ2n) is 5.29. The van der Waals surface area contributed by atoms with Crippen molar-refractivity contribution in [3.63, 3.8) is 0 Å². The van der Waals surface area contributed by atoms with Crippen LogP contribution in [0.3, 0.4) is 0 Å². The highest BCUT2D eigenvalue weighted by molar-refractivity contribution is 5.73. The second kappa shape index (κ2) is 6.80. The first kappa shape index (κ1) is 17.3. The average molecular weight is 305 g/mol. The fraction of sp³-hybridized carbons (Fsp3) is 0.500. The lowest BCUT2D eigenvalue weighted by molar-refractivity contribution is -0.140. The SMILES string of the molecule is CC(C)C[C@@H](NCc1cc(O)cc(C(F)(F)F)c1)C(=O)O. The van der Waals surface area contributed by atoms with Crippen LogP contribution in [0.4, 0.5) is 13.2 Å². The lowest BCUT2D eigenvalue weighted by atomic mass is 10.0. The highest BCUT2D eigenvalue weighted by Crippen LogP contribution is 2.32. The van der Waals surface area contributed by atoms with Crippen LogP contribution in [0.25, 0.3) is 0 Å². The predicted molar refractivity (Wildman–Crippen MR) is 70.8 cm³/mol. The molecule has 21 heavy (non-hydrogen) atoms. The minimum atomic E-state index is -4.56. The minimum absolute atomic E-state index is 0.0683. The number of carboxylic acid groups (broad SMARTS) is 1. The van der Waals surface area contributed by atoms with Crippen molar-refractivity contribution in [2.75, 3.05) is 0 Å². The number of halogens is 3. The van der Waals surface area contributed by atoms with Crippen molar-refractivity contribution in [2.24, 2.45) is 5.92 Å². The summed E-state index contributed by atoms with van der Waals surface area (Å²) >= 11 is 0. The molecule has 0 aliphatic rings. The van der Waals surface area contributed by atoms with Crippen LogP contribution >= 0.6 is 0 Å².